The lowest BCUT2D eigenvalue weighted by atomic mass is 9.98. The molecule has 1 fully saturated rings. The van der Waals surface area contributed by atoms with Crippen molar-refractivity contribution < 1.29 is 0 Å². The Morgan fingerprint density at radius 1 is 1.32 bits per heavy atom. The summed E-state index contributed by atoms with van der Waals surface area (Å²) in [6.45, 7) is 3.03. The Hall–Kier alpha value is -1.51. The van der Waals surface area contributed by atoms with Gasteiger partial charge in [-0.15, -0.1) is 0 Å². The summed E-state index contributed by atoms with van der Waals surface area (Å²) in [6.07, 6.45) is 6.14. The second-order valence-electron chi connectivity index (χ2n) is 5.49. The third-order valence-corrected chi connectivity index (χ3v) is 3.92. The summed E-state index contributed by atoms with van der Waals surface area (Å²) in [5, 5.41) is 3.32. The van der Waals surface area contributed by atoms with Gasteiger partial charge in [0.25, 0.3) is 0 Å². The number of hydrogen-bond acceptors (Lipinski definition) is 1. The van der Waals surface area contributed by atoms with E-state index >= 15 is 0 Å². The fraction of sp³-hybridized carbons (Fsp3) is 0.562. The highest BCUT2D eigenvalue weighted by molar-refractivity contribution is 5.78. The monoisotopic (exact) mass is 259 g/mol. The third-order valence-electron chi connectivity index (χ3n) is 3.92. The Morgan fingerprint density at radius 3 is 2.68 bits per heavy atom. The number of benzene rings is 1. The molecule has 0 bridgehead atoms. The quantitative estimate of drug-likeness (QED) is 0.631. The molecule has 19 heavy (non-hydrogen) atoms. The lowest BCUT2D eigenvalue weighted by Gasteiger charge is -2.13. The van der Waals surface area contributed by atoms with Gasteiger partial charge >= 0.3 is 0 Å². The molecule has 0 aromatic heterocycles. The van der Waals surface area contributed by atoms with Crippen molar-refractivity contribution in [1.82, 2.24) is 5.32 Å². The molecule has 0 spiro atoms. The number of guanidine groups is 1. The van der Waals surface area contributed by atoms with Crippen LogP contribution in [0.2, 0.25) is 0 Å². The minimum atomic E-state index is 0.532. The Kier molecular flexibility index (Phi) is 5.25. The van der Waals surface area contributed by atoms with Gasteiger partial charge < -0.3 is 11.1 Å². The van der Waals surface area contributed by atoms with Crippen molar-refractivity contribution in [2.45, 2.75) is 51.0 Å². The summed E-state index contributed by atoms with van der Waals surface area (Å²) in [5.41, 5.74) is 7.29. The SMILES string of the molecule is CC(CCN=C(N)NC1CCCC1)c1ccccc1. The average Bonchev–Trinajstić information content (AvgIpc) is 2.92. The van der Waals surface area contributed by atoms with Crippen LogP contribution in [0.3, 0.4) is 0 Å². The topological polar surface area (TPSA) is 50.4 Å². The molecule has 0 heterocycles. The lowest BCUT2D eigenvalue weighted by molar-refractivity contribution is 0.621. The maximum atomic E-state index is 5.92. The largest absolute Gasteiger partial charge is 0.370 e. The smallest absolute Gasteiger partial charge is 0.188 e. The van der Waals surface area contributed by atoms with Gasteiger partial charge in [0.1, 0.15) is 0 Å². The van der Waals surface area contributed by atoms with E-state index in [9.17, 15) is 0 Å². The second-order valence-corrected chi connectivity index (χ2v) is 5.49. The summed E-state index contributed by atoms with van der Waals surface area (Å²) in [4.78, 5) is 4.44. The molecule has 2 rings (SSSR count). The van der Waals surface area contributed by atoms with Crippen molar-refractivity contribution in [2.75, 3.05) is 6.54 Å². The number of hydrogen-bond donors (Lipinski definition) is 2. The summed E-state index contributed by atoms with van der Waals surface area (Å²) in [5.74, 6) is 1.15. The van der Waals surface area contributed by atoms with Crippen LogP contribution in [-0.2, 0) is 0 Å². The average molecular weight is 259 g/mol. The van der Waals surface area contributed by atoms with Gasteiger partial charge in [-0.2, -0.15) is 0 Å². The summed E-state index contributed by atoms with van der Waals surface area (Å²) >= 11 is 0. The van der Waals surface area contributed by atoms with Crippen LogP contribution in [0.1, 0.15) is 50.5 Å². The summed E-state index contributed by atoms with van der Waals surface area (Å²) in [7, 11) is 0. The van der Waals surface area contributed by atoms with Crippen molar-refractivity contribution in [3.05, 3.63) is 35.9 Å². The highest BCUT2D eigenvalue weighted by Gasteiger charge is 2.14. The molecule has 1 aliphatic rings. The highest BCUT2D eigenvalue weighted by Crippen LogP contribution is 2.18. The van der Waals surface area contributed by atoms with Crippen LogP contribution in [0, 0.1) is 0 Å². The molecule has 0 amide bonds. The molecule has 1 aliphatic carbocycles. The fourth-order valence-corrected chi connectivity index (χ4v) is 2.65. The highest BCUT2D eigenvalue weighted by atomic mass is 15.1. The first-order valence-electron chi connectivity index (χ1n) is 7.37. The first-order chi connectivity index (χ1) is 9.25. The molecule has 0 saturated heterocycles. The van der Waals surface area contributed by atoms with Crippen molar-refractivity contribution in [3.63, 3.8) is 0 Å². The Morgan fingerprint density at radius 2 is 2.00 bits per heavy atom. The van der Waals surface area contributed by atoms with Crippen LogP contribution < -0.4 is 11.1 Å². The van der Waals surface area contributed by atoms with Gasteiger partial charge in [-0.1, -0.05) is 50.1 Å². The molecule has 0 radical (unpaired) electrons. The number of rotatable bonds is 5. The molecular formula is C16H25N3. The molecule has 1 saturated carbocycles. The first kappa shape index (κ1) is 13.9. The van der Waals surface area contributed by atoms with E-state index in [2.05, 4.69) is 47.6 Å². The van der Waals surface area contributed by atoms with Gasteiger partial charge in [0.15, 0.2) is 5.96 Å². The number of nitrogens with one attached hydrogen (secondary N) is 1. The van der Waals surface area contributed by atoms with E-state index in [1.165, 1.54) is 31.2 Å². The predicted octanol–water partition coefficient (Wildman–Crippen LogP) is 3.03. The maximum Gasteiger partial charge on any atom is 0.188 e. The fourth-order valence-electron chi connectivity index (χ4n) is 2.65. The lowest BCUT2D eigenvalue weighted by Crippen LogP contribution is -2.38. The number of nitrogens with two attached hydrogens (primary N) is 1. The van der Waals surface area contributed by atoms with E-state index < -0.39 is 0 Å². The maximum absolute atomic E-state index is 5.92. The van der Waals surface area contributed by atoms with Gasteiger partial charge in [0.2, 0.25) is 0 Å². The summed E-state index contributed by atoms with van der Waals surface area (Å²) < 4.78 is 0. The Balaban J connectivity index is 1.72. The zero-order chi connectivity index (χ0) is 13.5. The van der Waals surface area contributed by atoms with E-state index in [0.29, 0.717) is 17.9 Å². The van der Waals surface area contributed by atoms with Crippen LogP contribution in [-0.4, -0.2) is 18.5 Å². The van der Waals surface area contributed by atoms with E-state index in [4.69, 9.17) is 5.73 Å². The molecule has 0 aliphatic heterocycles. The number of aliphatic imine (C=N–C) groups is 1. The van der Waals surface area contributed by atoms with Gasteiger partial charge in [-0.3, -0.25) is 4.99 Å². The van der Waals surface area contributed by atoms with Crippen LogP contribution >= 0.6 is 0 Å². The van der Waals surface area contributed by atoms with Gasteiger partial charge in [0.05, 0.1) is 0 Å². The van der Waals surface area contributed by atoms with E-state index in [-0.39, 0.29) is 0 Å². The molecular weight excluding hydrogens is 234 g/mol. The van der Waals surface area contributed by atoms with E-state index in [1.54, 1.807) is 0 Å². The molecule has 104 valence electrons. The predicted molar refractivity (Wildman–Crippen MR) is 81.4 cm³/mol. The van der Waals surface area contributed by atoms with Gasteiger partial charge in [0, 0.05) is 12.6 Å². The molecule has 3 nitrogen and oxygen atoms in total. The Bertz CT molecular complexity index is 394. The van der Waals surface area contributed by atoms with Crippen LogP contribution in [0.4, 0.5) is 0 Å². The molecule has 3 heteroatoms. The molecule has 1 unspecified atom stereocenters. The van der Waals surface area contributed by atoms with Crippen molar-refractivity contribution in [1.29, 1.82) is 0 Å². The Labute approximate surface area is 116 Å². The van der Waals surface area contributed by atoms with E-state index in [0.717, 1.165) is 13.0 Å². The zero-order valence-electron chi connectivity index (χ0n) is 11.8. The van der Waals surface area contributed by atoms with Gasteiger partial charge in [-0.25, -0.2) is 0 Å². The van der Waals surface area contributed by atoms with Crippen LogP contribution in [0.25, 0.3) is 0 Å². The number of nitrogens with zero attached hydrogens (tertiary/aromatic N) is 1. The summed E-state index contributed by atoms with van der Waals surface area (Å²) in [6, 6.07) is 11.1. The normalized spacial score (nSPS) is 18.5. The van der Waals surface area contributed by atoms with Crippen LogP contribution in [0.5, 0.6) is 0 Å². The molecule has 1 atom stereocenters. The minimum absolute atomic E-state index is 0.532. The third kappa shape index (κ3) is 4.58. The molecule has 1 aromatic rings. The zero-order valence-corrected chi connectivity index (χ0v) is 11.8. The minimum Gasteiger partial charge on any atom is -0.370 e. The first-order valence-corrected chi connectivity index (χ1v) is 7.37. The molecule has 1 aromatic carbocycles. The van der Waals surface area contributed by atoms with Crippen LogP contribution in [0.15, 0.2) is 35.3 Å². The van der Waals surface area contributed by atoms with Crippen molar-refractivity contribution in [2.24, 2.45) is 10.7 Å². The van der Waals surface area contributed by atoms with Crippen molar-refractivity contribution in [3.8, 4) is 0 Å². The van der Waals surface area contributed by atoms with Gasteiger partial charge in [-0.05, 0) is 30.7 Å². The van der Waals surface area contributed by atoms with E-state index in [1.807, 2.05) is 0 Å². The standard InChI is InChI=1S/C16H25N3/c1-13(14-7-3-2-4-8-14)11-12-18-16(17)19-15-9-5-6-10-15/h2-4,7-8,13,15H,5-6,9-12H2,1H3,(H3,17,18,19). The van der Waals surface area contributed by atoms with Crippen molar-refractivity contribution >= 4 is 5.96 Å². The second kappa shape index (κ2) is 7.17. The molecule has 3 N–H and O–H groups in total.